The van der Waals surface area contributed by atoms with E-state index in [9.17, 15) is 4.79 Å². The van der Waals surface area contributed by atoms with E-state index in [4.69, 9.17) is 14.2 Å². The molecule has 1 heterocycles. The van der Waals surface area contributed by atoms with Crippen LogP contribution < -0.4 is 14.9 Å². The van der Waals surface area contributed by atoms with Crippen molar-refractivity contribution >= 4 is 11.6 Å². The Balaban J connectivity index is 1.60. The summed E-state index contributed by atoms with van der Waals surface area (Å²) in [4.78, 5) is 14.4. The molecule has 7 heteroatoms. The lowest BCUT2D eigenvalue weighted by atomic mass is 10.1. The summed E-state index contributed by atoms with van der Waals surface area (Å²) in [6.45, 7) is 7.83. The van der Waals surface area contributed by atoms with Crippen molar-refractivity contribution in [2.24, 2.45) is 5.10 Å². The second-order valence-electron chi connectivity index (χ2n) is 7.25. The van der Waals surface area contributed by atoms with Gasteiger partial charge in [-0.3, -0.25) is 9.69 Å². The molecule has 0 radical (unpaired) electrons. The lowest BCUT2D eigenvalue weighted by Crippen LogP contribution is -2.35. The van der Waals surface area contributed by atoms with Crippen LogP contribution in [0, 0.1) is 6.92 Å². The van der Waals surface area contributed by atoms with Crippen molar-refractivity contribution in [1.29, 1.82) is 0 Å². The molecule has 160 valence electrons. The highest BCUT2D eigenvalue weighted by molar-refractivity contribution is 5.99. The fourth-order valence-electron chi connectivity index (χ4n) is 3.22. The number of benzene rings is 2. The lowest BCUT2D eigenvalue weighted by molar-refractivity contribution is -0.123. The zero-order valence-electron chi connectivity index (χ0n) is 17.8. The largest absolute Gasteiger partial charge is 0.496 e. The topological polar surface area (TPSA) is 72.4 Å². The minimum Gasteiger partial charge on any atom is -0.496 e. The number of methoxy groups -OCH3 is 1. The number of hydrogen-bond donors (Lipinski definition) is 1. The Hall–Kier alpha value is -2.90. The summed E-state index contributed by atoms with van der Waals surface area (Å²) in [5.41, 5.74) is 6.37. The van der Waals surface area contributed by atoms with Crippen LogP contribution in [0.3, 0.4) is 0 Å². The molecule has 0 spiro atoms. The molecule has 1 saturated heterocycles. The molecule has 1 N–H and O–H groups in total. The van der Waals surface area contributed by atoms with Crippen LogP contribution in [0.4, 0.5) is 0 Å². The Bertz CT molecular complexity index is 892. The maximum atomic E-state index is 12.1. The number of nitrogens with zero attached hydrogens (tertiary/aromatic N) is 2. The molecule has 1 aliphatic heterocycles. The Kier molecular flexibility index (Phi) is 7.82. The SMILES string of the molecule is COc1ccc(/C(C)=N\NC(=O)COc2cccc(C)c2)cc1CN1CCOCC1. The van der Waals surface area contributed by atoms with Gasteiger partial charge in [-0.05, 0) is 55.3 Å². The van der Waals surface area contributed by atoms with Gasteiger partial charge < -0.3 is 14.2 Å². The molecule has 2 aromatic rings. The quantitative estimate of drug-likeness (QED) is 0.534. The number of ether oxygens (including phenoxy) is 3. The molecule has 0 bridgehead atoms. The molecule has 30 heavy (non-hydrogen) atoms. The number of hydrazone groups is 1. The number of carbonyl (C=O) groups is 1. The van der Waals surface area contributed by atoms with E-state index in [0.717, 1.165) is 55.3 Å². The van der Waals surface area contributed by atoms with Gasteiger partial charge in [-0.25, -0.2) is 5.43 Å². The summed E-state index contributed by atoms with van der Waals surface area (Å²) in [5.74, 6) is 1.19. The van der Waals surface area contributed by atoms with Gasteiger partial charge in [-0.15, -0.1) is 0 Å². The molecule has 1 amide bonds. The van der Waals surface area contributed by atoms with E-state index in [2.05, 4.69) is 21.5 Å². The minimum absolute atomic E-state index is 0.0921. The zero-order chi connectivity index (χ0) is 21.3. The highest BCUT2D eigenvalue weighted by atomic mass is 16.5. The molecule has 0 aromatic heterocycles. The fourth-order valence-corrected chi connectivity index (χ4v) is 3.22. The highest BCUT2D eigenvalue weighted by Crippen LogP contribution is 2.22. The Morgan fingerprint density at radius 2 is 2.00 bits per heavy atom. The standard InChI is InChI=1S/C23H29N3O4/c1-17-5-4-6-21(13-17)30-16-23(27)25-24-18(2)19-7-8-22(28-3)20(14-19)15-26-9-11-29-12-10-26/h4-8,13-14H,9-12,15-16H2,1-3H3,(H,25,27)/b24-18-. The molecule has 3 rings (SSSR count). The van der Waals surface area contributed by atoms with E-state index in [1.807, 2.05) is 50.2 Å². The first-order valence-corrected chi connectivity index (χ1v) is 10.0. The van der Waals surface area contributed by atoms with E-state index < -0.39 is 0 Å². The van der Waals surface area contributed by atoms with Crippen molar-refractivity contribution in [2.75, 3.05) is 40.0 Å². The van der Waals surface area contributed by atoms with Gasteiger partial charge in [0.2, 0.25) is 0 Å². The van der Waals surface area contributed by atoms with Gasteiger partial charge in [0.15, 0.2) is 6.61 Å². The Morgan fingerprint density at radius 3 is 2.73 bits per heavy atom. The van der Waals surface area contributed by atoms with E-state index in [0.29, 0.717) is 11.5 Å². The minimum atomic E-state index is -0.307. The molecule has 2 aromatic carbocycles. The number of amides is 1. The molecule has 1 aliphatic rings. The fraction of sp³-hybridized carbons (Fsp3) is 0.391. The summed E-state index contributed by atoms with van der Waals surface area (Å²) in [7, 11) is 1.67. The number of rotatable bonds is 8. The molecular formula is C23H29N3O4. The Morgan fingerprint density at radius 1 is 1.20 bits per heavy atom. The van der Waals surface area contributed by atoms with Crippen molar-refractivity contribution in [3.05, 3.63) is 59.2 Å². The van der Waals surface area contributed by atoms with Crippen LogP contribution in [-0.4, -0.2) is 56.5 Å². The second-order valence-corrected chi connectivity index (χ2v) is 7.25. The van der Waals surface area contributed by atoms with Crippen LogP contribution in [-0.2, 0) is 16.1 Å². The van der Waals surface area contributed by atoms with Crippen molar-refractivity contribution < 1.29 is 19.0 Å². The number of morpholine rings is 1. The lowest BCUT2D eigenvalue weighted by Gasteiger charge is -2.27. The molecule has 7 nitrogen and oxygen atoms in total. The first-order chi connectivity index (χ1) is 14.5. The summed E-state index contributed by atoms with van der Waals surface area (Å²) >= 11 is 0. The average Bonchev–Trinajstić information content (AvgIpc) is 2.76. The van der Waals surface area contributed by atoms with Gasteiger partial charge >= 0.3 is 0 Å². The van der Waals surface area contributed by atoms with Gasteiger partial charge in [-0.2, -0.15) is 5.10 Å². The van der Waals surface area contributed by atoms with E-state index in [1.54, 1.807) is 7.11 Å². The van der Waals surface area contributed by atoms with Gasteiger partial charge in [0.25, 0.3) is 5.91 Å². The summed E-state index contributed by atoms with van der Waals surface area (Å²) in [6.07, 6.45) is 0. The number of aryl methyl sites for hydroxylation is 1. The van der Waals surface area contributed by atoms with Crippen LogP contribution in [0.1, 0.15) is 23.6 Å². The third kappa shape index (κ3) is 6.30. The third-order valence-electron chi connectivity index (χ3n) is 4.90. The first-order valence-electron chi connectivity index (χ1n) is 10.0. The van der Waals surface area contributed by atoms with E-state index in [1.165, 1.54) is 0 Å². The highest BCUT2D eigenvalue weighted by Gasteiger charge is 2.14. The van der Waals surface area contributed by atoms with Crippen LogP contribution in [0.2, 0.25) is 0 Å². The number of hydrogen-bond acceptors (Lipinski definition) is 6. The Labute approximate surface area is 177 Å². The smallest absolute Gasteiger partial charge is 0.277 e. The predicted octanol–water partition coefficient (Wildman–Crippen LogP) is 2.76. The van der Waals surface area contributed by atoms with Crippen LogP contribution in [0.15, 0.2) is 47.6 Å². The molecule has 1 fully saturated rings. The summed E-state index contributed by atoms with van der Waals surface area (Å²) in [6, 6.07) is 13.5. The van der Waals surface area contributed by atoms with Crippen LogP contribution in [0.25, 0.3) is 0 Å². The molecule has 0 aliphatic carbocycles. The average molecular weight is 412 g/mol. The van der Waals surface area contributed by atoms with Crippen LogP contribution in [0.5, 0.6) is 11.5 Å². The summed E-state index contributed by atoms with van der Waals surface area (Å²) in [5, 5.41) is 4.23. The van der Waals surface area contributed by atoms with Crippen molar-refractivity contribution in [1.82, 2.24) is 10.3 Å². The van der Waals surface area contributed by atoms with Gasteiger partial charge in [0.1, 0.15) is 11.5 Å². The van der Waals surface area contributed by atoms with Gasteiger partial charge in [-0.1, -0.05) is 12.1 Å². The first kappa shape index (κ1) is 21.8. The van der Waals surface area contributed by atoms with E-state index in [-0.39, 0.29) is 12.5 Å². The normalized spacial score (nSPS) is 15.0. The van der Waals surface area contributed by atoms with Crippen molar-refractivity contribution in [3.63, 3.8) is 0 Å². The number of carbonyl (C=O) groups excluding carboxylic acids is 1. The van der Waals surface area contributed by atoms with E-state index >= 15 is 0 Å². The number of nitrogens with one attached hydrogen (secondary N) is 1. The second kappa shape index (κ2) is 10.8. The predicted molar refractivity (Wildman–Crippen MR) is 116 cm³/mol. The van der Waals surface area contributed by atoms with Crippen LogP contribution >= 0.6 is 0 Å². The molecule has 0 atom stereocenters. The van der Waals surface area contributed by atoms with Crippen molar-refractivity contribution in [2.45, 2.75) is 20.4 Å². The molecular weight excluding hydrogens is 382 g/mol. The van der Waals surface area contributed by atoms with Crippen molar-refractivity contribution in [3.8, 4) is 11.5 Å². The third-order valence-corrected chi connectivity index (χ3v) is 4.90. The molecule has 0 saturated carbocycles. The van der Waals surface area contributed by atoms with Gasteiger partial charge in [0.05, 0.1) is 26.0 Å². The summed E-state index contributed by atoms with van der Waals surface area (Å²) < 4.78 is 16.4. The zero-order valence-corrected chi connectivity index (χ0v) is 17.8. The van der Waals surface area contributed by atoms with Gasteiger partial charge in [0, 0.05) is 25.2 Å². The maximum absolute atomic E-state index is 12.1. The molecule has 0 unspecified atom stereocenters. The monoisotopic (exact) mass is 411 g/mol. The maximum Gasteiger partial charge on any atom is 0.277 e.